The van der Waals surface area contributed by atoms with E-state index in [2.05, 4.69) is 11.8 Å². The predicted octanol–water partition coefficient (Wildman–Crippen LogP) is 2.94. The highest BCUT2D eigenvalue weighted by molar-refractivity contribution is 4.49. The summed E-state index contributed by atoms with van der Waals surface area (Å²) in [5.41, 5.74) is 0. The fourth-order valence-corrected chi connectivity index (χ4v) is 1.23. The van der Waals surface area contributed by atoms with E-state index >= 15 is 0 Å². The summed E-state index contributed by atoms with van der Waals surface area (Å²) in [6.45, 7) is 3.90. The average molecular weight is 189 g/mol. The van der Waals surface area contributed by atoms with E-state index < -0.39 is 5.09 Å². The van der Waals surface area contributed by atoms with Gasteiger partial charge >= 0.3 is 0 Å². The van der Waals surface area contributed by atoms with Crippen molar-refractivity contribution < 1.29 is 9.92 Å². The van der Waals surface area contributed by atoms with Crippen molar-refractivity contribution in [3.05, 3.63) is 10.1 Å². The normalized spacial score (nSPS) is 12.5. The summed E-state index contributed by atoms with van der Waals surface area (Å²) in [5, 5.41) is 9.22. The van der Waals surface area contributed by atoms with Crippen molar-refractivity contribution in [3.8, 4) is 0 Å². The van der Waals surface area contributed by atoms with Gasteiger partial charge in [-0.1, -0.05) is 39.0 Å². The zero-order valence-electron chi connectivity index (χ0n) is 8.49. The Bertz CT molecular complexity index is 139. The summed E-state index contributed by atoms with van der Waals surface area (Å²) in [6, 6.07) is 0. The smallest absolute Gasteiger partial charge is 0.294 e. The third-order valence-corrected chi connectivity index (χ3v) is 1.98. The van der Waals surface area contributed by atoms with E-state index in [0.717, 1.165) is 19.3 Å². The molecule has 0 N–H and O–H groups in total. The molecule has 0 aliphatic carbocycles. The average Bonchev–Trinajstić information content (AvgIpc) is 2.02. The molecule has 0 aromatic rings. The number of nitrogens with zero attached hydrogens (tertiary/aromatic N) is 1. The fraction of sp³-hybridized carbons (Fsp3) is 1.00. The number of hydrogen-bond acceptors (Lipinski definition) is 3. The second kappa shape index (κ2) is 7.83. The lowest BCUT2D eigenvalue weighted by atomic mass is 10.1. The maximum Gasteiger partial charge on any atom is 0.294 e. The standard InChI is InChI=1S/C9H19NO3/c1-3-4-5-6-7-8-9(2)13-10(11)12/h9H,3-8H2,1-2H3. The predicted molar refractivity (Wildman–Crippen MR) is 50.9 cm³/mol. The molecular weight excluding hydrogens is 170 g/mol. The van der Waals surface area contributed by atoms with E-state index in [4.69, 9.17) is 0 Å². The third-order valence-electron chi connectivity index (χ3n) is 1.98. The Hall–Kier alpha value is -0.800. The minimum Gasteiger partial charge on any atom is -0.311 e. The third kappa shape index (κ3) is 9.11. The Morgan fingerprint density at radius 2 is 1.92 bits per heavy atom. The van der Waals surface area contributed by atoms with Crippen molar-refractivity contribution in [1.29, 1.82) is 0 Å². The molecule has 0 bridgehead atoms. The van der Waals surface area contributed by atoms with Gasteiger partial charge in [0.25, 0.3) is 5.09 Å². The molecule has 0 aromatic heterocycles. The van der Waals surface area contributed by atoms with E-state index in [1.165, 1.54) is 19.3 Å². The van der Waals surface area contributed by atoms with E-state index in [-0.39, 0.29) is 6.10 Å². The summed E-state index contributed by atoms with van der Waals surface area (Å²) in [5.74, 6) is 0. The van der Waals surface area contributed by atoms with Crippen LogP contribution in [0.4, 0.5) is 0 Å². The first-order chi connectivity index (χ1) is 6.16. The van der Waals surface area contributed by atoms with E-state index in [9.17, 15) is 10.1 Å². The molecule has 0 aromatic carbocycles. The molecule has 0 aliphatic rings. The monoisotopic (exact) mass is 189 g/mol. The summed E-state index contributed by atoms with van der Waals surface area (Å²) >= 11 is 0. The van der Waals surface area contributed by atoms with Crippen molar-refractivity contribution in [2.24, 2.45) is 0 Å². The highest BCUT2D eigenvalue weighted by Gasteiger charge is 2.05. The zero-order valence-corrected chi connectivity index (χ0v) is 8.49. The largest absolute Gasteiger partial charge is 0.311 e. The Labute approximate surface area is 79.4 Å². The Morgan fingerprint density at radius 3 is 2.46 bits per heavy atom. The first-order valence-corrected chi connectivity index (χ1v) is 4.98. The quantitative estimate of drug-likeness (QED) is 0.335. The fourth-order valence-electron chi connectivity index (χ4n) is 1.23. The van der Waals surface area contributed by atoms with Gasteiger partial charge in [0.15, 0.2) is 0 Å². The van der Waals surface area contributed by atoms with E-state index in [1.54, 1.807) is 6.92 Å². The van der Waals surface area contributed by atoms with Gasteiger partial charge in [0.05, 0.1) is 0 Å². The summed E-state index contributed by atoms with van der Waals surface area (Å²) in [6.07, 6.45) is 6.41. The Balaban J connectivity index is 3.17. The van der Waals surface area contributed by atoms with Crippen LogP contribution in [0.15, 0.2) is 0 Å². The molecule has 1 unspecified atom stereocenters. The molecule has 0 fully saturated rings. The first kappa shape index (κ1) is 12.2. The number of unbranched alkanes of at least 4 members (excludes halogenated alkanes) is 4. The van der Waals surface area contributed by atoms with Gasteiger partial charge in [-0.15, -0.1) is 10.1 Å². The van der Waals surface area contributed by atoms with Gasteiger partial charge in [0, 0.05) is 0 Å². The summed E-state index contributed by atoms with van der Waals surface area (Å²) < 4.78 is 0. The second-order valence-corrected chi connectivity index (χ2v) is 3.34. The highest BCUT2D eigenvalue weighted by Crippen LogP contribution is 2.08. The topological polar surface area (TPSA) is 52.4 Å². The Morgan fingerprint density at radius 1 is 1.31 bits per heavy atom. The summed E-state index contributed by atoms with van der Waals surface area (Å²) in [7, 11) is 0. The van der Waals surface area contributed by atoms with Crippen LogP contribution in [0, 0.1) is 10.1 Å². The van der Waals surface area contributed by atoms with Crippen molar-refractivity contribution in [1.82, 2.24) is 0 Å². The van der Waals surface area contributed by atoms with Gasteiger partial charge in [0.2, 0.25) is 0 Å². The molecule has 0 saturated heterocycles. The first-order valence-electron chi connectivity index (χ1n) is 4.98. The van der Waals surface area contributed by atoms with Crippen LogP contribution in [0.2, 0.25) is 0 Å². The van der Waals surface area contributed by atoms with Gasteiger partial charge in [-0.2, -0.15) is 0 Å². The molecule has 0 spiro atoms. The van der Waals surface area contributed by atoms with Crippen molar-refractivity contribution in [2.75, 3.05) is 0 Å². The van der Waals surface area contributed by atoms with Crippen LogP contribution >= 0.6 is 0 Å². The van der Waals surface area contributed by atoms with Gasteiger partial charge in [0.1, 0.15) is 6.10 Å². The minimum atomic E-state index is -0.712. The van der Waals surface area contributed by atoms with Crippen LogP contribution in [0.5, 0.6) is 0 Å². The zero-order chi connectivity index (χ0) is 10.1. The maximum atomic E-state index is 9.93. The molecular formula is C9H19NO3. The van der Waals surface area contributed by atoms with E-state index in [0.29, 0.717) is 0 Å². The van der Waals surface area contributed by atoms with Crippen molar-refractivity contribution in [3.63, 3.8) is 0 Å². The summed E-state index contributed by atoms with van der Waals surface area (Å²) in [4.78, 5) is 14.3. The number of hydrogen-bond donors (Lipinski definition) is 0. The highest BCUT2D eigenvalue weighted by atomic mass is 17.0. The van der Waals surface area contributed by atoms with Crippen LogP contribution < -0.4 is 0 Å². The van der Waals surface area contributed by atoms with Crippen LogP contribution in [-0.4, -0.2) is 11.2 Å². The molecule has 0 aliphatic heterocycles. The van der Waals surface area contributed by atoms with Gasteiger partial charge in [-0.05, 0) is 13.3 Å². The molecule has 0 saturated carbocycles. The van der Waals surface area contributed by atoms with Crippen molar-refractivity contribution in [2.45, 2.75) is 58.5 Å². The van der Waals surface area contributed by atoms with Crippen LogP contribution in [0.1, 0.15) is 52.4 Å². The lowest BCUT2D eigenvalue weighted by Crippen LogP contribution is -2.12. The SMILES string of the molecule is CCCCCCCC(C)O[N+](=O)[O-]. The van der Waals surface area contributed by atoms with E-state index in [1.807, 2.05) is 0 Å². The molecule has 0 amide bonds. The Kier molecular flexibility index (Phi) is 7.35. The van der Waals surface area contributed by atoms with Crippen LogP contribution in [0.3, 0.4) is 0 Å². The van der Waals surface area contributed by atoms with Crippen LogP contribution in [-0.2, 0) is 4.84 Å². The maximum absolute atomic E-state index is 9.93. The second-order valence-electron chi connectivity index (χ2n) is 3.34. The molecule has 0 radical (unpaired) electrons. The van der Waals surface area contributed by atoms with Crippen molar-refractivity contribution >= 4 is 0 Å². The molecule has 4 heteroatoms. The lowest BCUT2D eigenvalue weighted by molar-refractivity contribution is -0.767. The molecule has 0 rings (SSSR count). The molecule has 1 atom stereocenters. The van der Waals surface area contributed by atoms with Gasteiger partial charge in [-0.3, -0.25) is 0 Å². The number of rotatable bonds is 8. The molecule has 0 heterocycles. The van der Waals surface area contributed by atoms with Gasteiger partial charge < -0.3 is 4.84 Å². The molecule has 78 valence electrons. The molecule has 4 nitrogen and oxygen atoms in total. The lowest BCUT2D eigenvalue weighted by Gasteiger charge is -2.07. The minimum absolute atomic E-state index is 0.253. The van der Waals surface area contributed by atoms with Gasteiger partial charge in [-0.25, -0.2) is 0 Å². The molecule has 13 heavy (non-hydrogen) atoms. The van der Waals surface area contributed by atoms with Crippen LogP contribution in [0.25, 0.3) is 0 Å².